The molecular formula is C22H30NO4P. The van der Waals surface area contributed by atoms with E-state index in [0.29, 0.717) is 6.54 Å². The van der Waals surface area contributed by atoms with Gasteiger partial charge in [-0.15, -0.1) is 0 Å². The molecule has 2 aromatic rings. The molecule has 1 heterocycles. The summed E-state index contributed by atoms with van der Waals surface area (Å²) >= 11 is 0. The van der Waals surface area contributed by atoms with Crippen molar-refractivity contribution in [2.24, 2.45) is 0 Å². The summed E-state index contributed by atoms with van der Waals surface area (Å²) in [5.74, 6) is 0.214. The molecule has 152 valence electrons. The fourth-order valence-electron chi connectivity index (χ4n) is 3.73. The molecule has 0 saturated carbocycles. The van der Waals surface area contributed by atoms with Gasteiger partial charge in [0, 0.05) is 6.54 Å². The van der Waals surface area contributed by atoms with Crippen molar-refractivity contribution in [2.45, 2.75) is 52.1 Å². The van der Waals surface area contributed by atoms with Crippen LogP contribution >= 0.6 is 7.60 Å². The monoisotopic (exact) mass is 403 g/mol. The molecule has 0 fully saturated rings. The number of rotatable bonds is 7. The number of hydrogen-bond acceptors (Lipinski definition) is 5. The highest BCUT2D eigenvalue weighted by Crippen LogP contribution is 2.66. The summed E-state index contributed by atoms with van der Waals surface area (Å²) in [6.07, 6.45) is 0.407. The van der Waals surface area contributed by atoms with E-state index in [1.54, 1.807) is 7.11 Å². The number of anilines is 1. The average molecular weight is 403 g/mol. The molecule has 5 nitrogen and oxygen atoms in total. The summed E-state index contributed by atoms with van der Waals surface area (Å²) in [5.41, 5.74) is 3.06. The Morgan fingerprint density at radius 3 is 2.21 bits per heavy atom. The Bertz CT molecular complexity index is 838. The van der Waals surface area contributed by atoms with Crippen molar-refractivity contribution < 1.29 is 18.3 Å². The lowest BCUT2D eigenvalue weighted by Crippen LogP contribution is -2.37. The predicted octanol–water partition coefficient (Wildman–Crippen LogP) is 5.80. The number of para-hydroxylation sites is 2. The van der Waals surface area contributed by atoms with Gasteiger partial charge in [0.1, 0.15) is 5.75 Å². The molecule has 1 unspecified atom stereocenters. The highest BCUT2D eigenvalue weighted by Gasteiger charge is 2.46. The topological polar surface area (TPSA) is 48.0 Å². The molecule has 0 spiro atoms. The minimum absolute atomic E-state index is 0.224. The summed E-state index contributed by atoms with van der Waals surface area (Å²) in [4.78, 5) is 2.12. The van der Waals surface area contributed by atoms with Crippen molar-refractivity contribution in [2.75, 3.05) is 18.6 Å². The van der Waals surface area contributed by atoms with E-state index in [1.165, 1.54) is 5.56 Å². The number of ether oxygens (including phenoxy) is 1. The molecule has 0 saturated heterocycles. The summed E-state index contributed by atoms with van der Waals surface area (Å²) in [7, 11) is -1.87. The third kappa shape index (κ3) is 4.27. The van der Waals surface area contributed by atoms with E-state index < -0.39 is 13.4 Å². The van der Waals surface area contributed by atoms with Crippen LogP contribution in [0.5, 0.6) is 5.75 Å². The van der Waals surface area contributed by atoms with Gasteiger partial charge in [-0.25, -0.2) is 0 Å². The van der Waals surface area contributed by atoms with Gasteiger partial charge in [0.05, 0.1) is 25.0 Å². The maximum absolute atomic E-state index is 14.2. The third-order valence-corrected chi connectivity index (χ3v) is 7.25. The van der Waals surface area contributed by atoms with Gasteiger partial charge in [-0.3, -0.25) is 4.57 Å². The van der Waals surface area contributed by atoms with Crippen LogP contribution in [-0.2, 0) is 20.0 Å². The van der Waals surface area contributed by atoms with Crippen LogP contribution in [0, 0.1) is 0 Å². The van der Waals surface area contributed by atoms with Gasteiger partial charge in [0.2, 0.25) is 0 Å². The van der Waals surface area contributed by atoms with Gasteiger partial charge in [0.15, 0.2) is 5.78 Å². The summed E-state index contributed by atoms with van der Waals surface area (Å²) in [6, 6.07) is 15.9. The standard InChI is InChI=1S/C22H30NO4P/c1-16(2)26-28(24,27-17(3)4)22-19-11-7-6-10-18(19)14-15-23(22)20-12-8-9-13-21(20)25-5/h6-13,16-17,22H,14-15H2,1-5H3. The average Bonchev–Trinajstić information content (AvgIpc) is 2.65. The zero-order chi connectivity index (χ0) is 20.3. The first-order valence-corrected chi connectivity index (χ1v) is 11.4. The van der Waals surface area contributed by atoms with Crippen molar-refractivity contribution in [3.8, 4) is 5.75 Å². The van der Waals surface area contributed by atoms with E-state index in [2.05, 4.69) is 11.0 Å². The third-order valence-electron chi connectivity index (χ3n) is 4.66. The summed E-state index contributed by atoms with van der Waals surface area (Å²) in [6.45, 7) is 8.25. The first kappa shape index (κ1) is 20.9. The molecule has 2 aromatic carbocycles. The van der Waals surface area contributed by atoms with Crippen molar-refractivity contribution in [3.05, 3.63) is 59.7 Å². The lowest BCUT2D eigenvalue weighted by molar-refractivity contribution is 0.135. The summed E-state index contributed by atoms with van der Waals surface area (Å²) in [5, 5.41) is 0. The van der Waals surface area contributed by atoms with Crippen LogP contribution in [-0.4, -0.2) is 25.9 Å². The van der Waals surface area contributed by atoms with E-state index in [1.807, 2.05) is 70.2 Å². The minimum atomic E-state index is -3.52. The molecule has 0 radical (unpaired) electrons. The van der Waals surface area contributed by atoms with Crippen molar-refractivity contribution >= 4 is 13.3 Å². The number of benzene rings is 2. The molecule has 1 aliphatic rings. The number of methoxy groups -OCH3 is 1. The lowest BCUT2D eigenvalue weighted by atomic mass is 9.99. The Balaban J connectivity index is 2.18. The second-order valence-corrected chi connectivity index (χ2v) is 9.53. The fourth-order valence-corrected chi connectivity index (χ4v) is 6.36. The SMILES string of the molecule is COc1ccccc1N1CCc2ccccc2C1P(=O)(OC(C)C)OC(C)C. The van der Waals surface area contributed by atoms with Gasteiger partial charge in [-0.05, 0) is 57.4 Å². The van der Waals surface area contributed by atoms with Crippen LogP contribution in [0.3, 0.4) is 0 Å². The second-order valence-electron chi connectivity index (χ2n) is 7.54. The zero-order valence-corrected chi connectivity index (χ0v) is 18.2. The Hall–Kier alpha value is -1.81. The van der Waals surface area contributed by atoms with Crippen LogP contribution in [0.4, 0.5) is 5.69 Å². The Morgan fingerprint density at radius 2 is 1.57 bits per heavy atom. The Labute approximate surface area is 168 Å². The highest BCUT2D eigenvalue weighted by atomic mass is 31.2. The second kappa shape index (κ2) is 8.69. The van der Waals surface area contributed by atoms with Gasteiger partial charge >= 0.3 is 7.60 Å². The van der Waals surface area contributed by atoms with Crippen LogP contribution in [0.1, 0.15) is 44.6 Å². The van der Waals surface area contributed by atoms with Crippen LogP contribution in [0.25, 0.3) is 0 Å². The highest BCUT2D eigenvalue weighted by molar-refractivity contribution is 7.54. The van der Waals surface area contributed by atoms with E-state index in [-0.39, 0.29) is 12.2 Å². The number of nitrogens with zero attached hydrogens (tertiary/aromatic N) is 1. The van der Waals surface area contributed by atoms with Gasteiger partial charge < -0.3 is 18.7 Å². The minimum Gasteiger partial charge on any atom is -0.495 e. The normalized spacial score (nSPS) is 17.1. The number of fused-ring (bicyclic) bond motifs is 1. The molecule has 0 N–H and O–H groups in total. The van der Waals surface area contributed by atoms with Gasteiger partial charge in [-0.2, -0.15) is 0 Å². The Morgan fingerprint density at radius 1 is 0.964 bits per heavy atom. The first-order chi connectivity index (χ1) is 13.4. The van der Waals surface area contributed by atoms with Crippen molar-refractivity contribution in [3.63, 3.8) is 0 Å². The predicted molar refractivity (Wildman–Crippen MR) is 113 cm³/mol. The van der Waals surface area contributed by atoms with Crippen molar-refractivity contribution in [1.29, 1.82) is 0 Å². The summed E-state index contributed by atoms with van der Waals surface area (Å²) < 4.78 is 31.8. The van der Waals surface area contributed by atoms with E-state index in [0.717, 1.165) is 23.4 Å². The first-order valence-electron chi connectivity index (χ1n) is 9.79. The van der Waals surface area contributed by atoms with Crippen molar-refractivity contribution in [1.82, 2.24) is 0 Å². The molecule has 3 rings (SSSR count). The van der Waals surface area contributed by atoms with E-state index in [9.17, 15) is 4.57 Å². The molecular weight excluding hydrogens is 373 g/mol. The number of hydrogen-bond donors (Lipinski definition) is 0. The largest absolute Gasteiger partial charge is 0.495 e. The smallest absolute Gasteiger partial charge is 0.357 e. The molecule has 0 aromatic heterocycles. The van der Waals surface area contributed by atoms with Crippen LogP contribution in [0.15, 0.2) is 48.5 Å². The molecule has 0 aliphatic carbocycles. The van der Waals surface area contributed by atoms with Crippen LogP contribution < -0.4 is 9.64 Å². The molecule has 1 atom stereocenters. The van der Waals surface area contributed by atoms with Crippen LogP contribution in [0.2, 0.25) is 0 Å². The Kier molecular flexibility index (Phi) is 6.49. The molecule has 28 heavy (non-hydrogen) atoms. The maximum atomic E-state index is 14.2. The molecule has 0 amide bonds. The lowest BCUT2D eigenvalue weighted by Gasteiger charge is -2.42. The van der Waals surface area contributed by atoms with E-state index in [4.69, 9.17) is 13.8 Å². The van der Waals surface area contributed by atoms with Gasteiger partial charge in [-0.1, -0.05) is 36.4 Å². The molecule has 0 bridgehead atoms. The zero-order valence-electron chi connectivity index (χ0n) is 17.3. The van der Waals surface area contributed by atoms with E-state index >= 15 is 0 Å². The maximum Gasteiger partial charge on any atom is 0.357 e. The molecule has 1 aliphatic heterocycles. The quantitative estimate of drug-likeness (QED) is 0.547. The fraction of sp³-hybridized carbons (Fsp3) is 0.455. The van der Waals surface area contributed by atoms with Gasteiger partial charge in [0.25, 0.3) is 0 Å². The molecule has 6 heteroatoms.